The largest absolute Gasteiger partial charge is 0.394 e. The Kier molecular flexibility index (Phi) is 13.7. The molecule has 36 heavy (non-hydrogen) atoms. The first-order chi connectivity index (χ1) is 17.1. The first-order valence-corrected chi connectivity index (χ1v) is 12.0. The lowest BCUT2D eigenvalue weighted by molar-refractivity contribution is -0.134. The van der Waals surface area contributed by atoms with Crippen molar-refractivity contribution < 1.29 is 29.1 Å². The third-order valence-electron chi connectivity index (χ3n) is 5.49. The third kappa shape index (κ3) is 11.3. The summed E-state index contributed by atoms with van der Waals surface area (Å²) < 4.78 is 0. The predicted molar refractivity (Wildman–Crippen MR) is 133 cm³/mol. The molecule has 12 heteroatoms. The van der Waals surface area contributed by atoms with Gasteiger partial charge in [0.2, 0.25) is 29.5 Å². The number of carbonyl (C=O) groups excluding carboxylic acids is 5. The van der Waals surface area contributed by atoms with Gasteiger partial charge in [0, 0.05) is 6.42 Å². The van der Waals surface area contributed by atoms with Crippen molar-refractivity contribution in [2.24, 2.45) is 17.2 Å². The van der Waals surface area contributed by atoms with Crippen molar-refractivity contribution in [1.29, 1.82) is 0 Å². The van der Waals surface area contributed by atoms with E-state index in [4.69, 9.17) is 17.2 Å². The van der Waals surface area contributed by atoms with Crippen molar-refractivity contribution in [3.63, 3.8) is 0 Å². The molecule has 5 amide bonds. The maximum atomic E-state index is 13.2. The van der Waals surface area contributed by atoms with Crippen LogP contribution in [-0.2, 0) is 30.4 Å². The molecule has 0 aliphatic heterocycles. The predicted octanol–water partition coefficient (Wildman–Crippen LogP) is -1.67. The molecule has 0 aliphatic rings. The van der Waals surface area contributed by atoms with Gasteiger partial charge in [-0.05, 0) is 12.0 Å². The number of primary amides is 2. The van der Waals surface area contributed by atoms with Gasteiger partial charge in [-0.1, -0.05) is 62.9 Å². The van der Waals surface area contributed by atoms with Crippen molar-refractivity contribution in [3.8, 4) is 0 Å². The number of hydrogen-bond acceptors (Lipinski definition) is 7. The highest BCUT2D eigenvalue weighted by molar-refractivity contribution is 5.95. The number of nitrogens with one attached hydrogen (secondary N) is 3. The number of hydrogen-bond donors (Lipinski definition) is 7. The summed E-state index contributed by atoms with van der Waals surface area (Å²) in [6.45, 7) is 1.42. The number of carbonyl (C=O) groups is 5. The molecular formula is C24H38N6O6. The zero-order valence-electron chi connectivity index (χ0n) is 20.6. The van der Waals surface area contributed by atoms with Crippen LogP contribution >= 0.6 is 0 Å². The van der Waals surface area contributed by atoms with Crippen molar-refractivity contribution >= 4 is 29.5 Å². The standard InChI is InChI=1S/C24H38N6O6/c1-2-3-4-8-11-17(23(35)29-18(21(27)33)13-20(26)32)28-24(36)19(30-22(34)16(25)14-31)12-15-9-6-5-7-10-15/h5-7,9-10,16-19,31H,2-4,8,11-14,25H2,1H3,(H2,26,32)(H2,27,33)(H,28,36)(H,29,35)(H,30,34)/t16-,17-,18-,19-/m0/s1. The van der Waals surface area contributed by atoms with Crippen LogP contribution in [0.3, 0.4) is 0 Å². The van der Waals surface area contributed by atoms with Crippen LogP contribution in [0, 0.1) is 0 Å². The highest BCUT2D eigenvalue weighted by atomic mass is 16.3. The van der Waals surface area contributed by atoms with E-state index in [1.165, 1.54) is 0 Å². The molecule has 200 valence electrons. The van der Waals surface area contributed by atoms with Gasteiger partial charge in [-0.2, -0.15) is 0 Å². The molecule has 1 aromatic rings. The van der Waals surface area contributed by atoms with E-state index >= 15 is 0 Å². The lowest BCUT2D eigenvalue weighted by Gasteiger charge is -2.25. The minimum atomic E-state index is -1.33. The molecule has 10 N–H and O–H groups in total. The molecule has 0 aliphatic carbocycles. The van der Waals surface area contributed by atoms with Gasteiger partial charge in [0.05, 0.1) is 13.0 Å². The summed E-state index contributed by atoms with van der Waals surface area (Å²) in [5.41, 5.74) is 16.7. The Bertz CT molecular complexity index is 881. The second-order valence-electron chi connectivity index (χ2n) is 8.58. The van der Waals surface area contributed by atoms with Crippen LogP contribution in [0.2, 0.25) is 0 Å². The van der Waals surface area contributed by atoms with E-state index in [1.54, 1.807) is 30.3 Å². The topological polar surface area (TPSA) is 220 Å². The van der Waals surface area contributed by atoms with E-state index in [-0.39, 0.29) is 12.8 Å². The van der Waals surface area contributed by atoms with Crippen LogP contribution in [0.25, 0.3) is 0 Å². The Hall–Kier alpha value is -3.51. The second kappa shape index (κ2) is 16.2. The van der Waals surface area contributed by atoms with Crippen molar-refractivity contribution in [3.05, 3.63) is 35.9 Å². The van der Waals surface area contributed by atoms with Crippen LogP contribution in [0.1, 0.15) is 51.0 Å². The minimum absolute atomic E-state index is 0.103. The summed E-state index contributed by atoms with van der Waals surface area (Å²) in [5.74, 6) is -3.85. The number of unbranched alkanes of at least 4 members (excludes halogenated alkanes) is 3. The van der Waals surface area contributed by atoms with Gasteiger partial charge in [-0.25, -0.2) is 0 Å². The van der Waals surface area contributed by atoms with Gasteiger partial charge in [0.1, 0.15) is 24.2 Å². The number of benzene rings is 1. The van der Waals surface area contributed by atoms with Crippen molar-refractivity contribution in [2.45, 2.75) is 76.0 Å². The van der Waals surface area contributed by atoms with Gasteiger partial charge < -0.3 is 38.3 Å². The molecule has 0 bridgehead atoms. The van der Waals surface area contributed by atoms with Crippen LogP contribution in [0.5, 0.6) is 0 Å². The fourth-order valence-electron chi connectivity index (χ4n) is 3.43. The monoisotopic (exact) mass is 506 g/mol. The zero-order valence-corrected chi connectivity index (χ0v) is 20.6. The van der Waals surface area contributed by atoms with Gasteiger partial charge in [-0.3, -0.25) is 24.0 Å². The molecule has 0 radical (unpaired) electrons. The Morgan fingerprint density at radius 1 is 0.833 bits per heavy atom. The minimum Gasteiger partial charge on any atom is -0.394 e. The molecule has 0 unspecified atom stereocenters. The van der Waals surface area contributed by atoms with Crippen molar-refractivity contribution in [2.75, 3.05) is 6.61 Å². The summed E-state index contributed by atoms with van der Waals surface area (Å²) in [6.07, 6.45) is 3.18. The van der Waals surface area contributed by atoms with Gasteiger partial charge in [0.15, 0.2) is 0 Å². The van der Waals surface area contributed by atoms with Crippen molar-refractivity contribution in [1.82, 2.24) is 16.0 Å². The van der Waals surface area contributed by atoms with Gasteiger partial charge >= 0.3 is 0 Å². The van der Waals surface area contributed by atoms with Crippen LogP contribution < -0.4 is 33.2 Å². The molecule has 12 nitrogen and oxygen atoms in total. The van der Waals surface area contributed by atoms with Crippen LogP contribution in [-0.4, -0.2) is 65.4 Å². The average Bonchev–Trinajstić information content (AvgIpc) is 2.84. The van der Waals surface area contributed by atoms with Gasteiger partial charge in [0.25, 0.3) is 0 Å². The maximum Gasteiger partial charge on any atom is 0.243 e. The van der Waals surface area contributed by atoms with Gasteiger partial charge in [-0.15, -0.1) is 0 Å². The fraction of sp³-hybridized carbons (Fsp3) is 0.542. The summed E-state index contributed by atoms with van der Waals surface area (Å²) >= 11 is 0. The Morgan fingerprint density at radius 3 is 1.97 bits per heavy atom. The molecule has 0 saturated carbocycles. The summed E-state index contributed by atoms with van der Waals surface area (Å²) in [6, 6.07) is 4.19. The summed E-state index contributed by atoms with van der Waals surface area (Å²) in [7, 11) is 0. The fourth-order valence-corrected chi connectivity index (χ4v) is 3.43. The first-order valence-electron chi connectivity index (χ1n) is 12.0. The molecule has 0 spiro atoms. The van der Waals surface area contributed by atoms with E-state index < -0.39 is 66.7 Å². The van der Waals surface area contributed by atoms with Crippen LogP contribution in [0.15, 0.2) is 30.3 Å². The molecule has 0 aromatic heterocycles. The number of nitrogens with two attached hydrogens (primary N) is 3. The van der Waals surface area contributed by atoms with E-state index in [2.05, 4.69) is 16.0 Å². The normalized spacial score (nSPS) is 14.1. The number of aliphatic hydroxyl groups is 1. The highest BCUT2D eigenvalue weighted by Gasteiger charge is 2.30. The summed E-state index contributed by atoms with van der Waals surface area (Å²) in [4.78, 5) is 61.4. The number of aliphatic hydroxyl groups excluding tert-OH is 1. The molecule has 0 fully saturated rings. The Balaban J connectivity index is 3.08. The Morgan fingerprint density at radius 2 is 1.42 bits per heavy atom. The molecular weight excluding hydrogens is 468 g/mol. The molecule has 4 atom stereocenters. The number of amides is 5. The molecule has 1 aromatic carbocycles. The second-order valence-corrected chi connectivity index (χ2v) is 8.58. The third-order valence-corrected chi connectivity index (χ3v) is 5.49. The molecule has 0 heterocycles. The lowest BCUT2D eigenvalue weighted by atomic mass is 10.0. The maximum absolute atomic E-state index is 13.2. The highest BCUT2D eigenvalue weighted by Crippen LogP contribution is 2.09. The molecule has 0 saturated heterocycles. The van der Waals surface area contributed by atoms with E-state index in [9.17, 15) is 29.1 Å². The summed E-state index contributed by atoms with van der Waals surface area (Å²) in [5, 5.41) is 16.7. The lowest BCUT2D eigenvalue weighted by Crippen LogP contribution is -2.58. The molecule has 1 rings (SSSR count). The van der Waals surface area contributed by atoms with E-state index in [0.717, 1.165) is 24.8 Å². The SMILES string of the molecule is CCCCCC[C@H](NC(=O)[C@H](Cc1ccccc1)NC(=O)[C@@H](N)CO)C(=O)N[C@@H](CC(N)=O)C(N)=O. The van der Waals surface area contributed by atoms with E-state index in [1.807, 2.05) is 6.92 Å². The number of rotatable bonds is 17. The first kappa shape index (κ1) is 30.5. The Labute approximate surface area is 210 Å². The zero-order chi connectivity index (χ0) is 27.1. The van der Waals surface area contributed by atoms with Crippen LogP contribution in [0.4, 0.5) is 0 Å². The van der Waals surface area contributed by atoms with E-state index in [0.29, 0.717) is 6.42 Å². The quantitative estimate of drug-likeness (QED) is 0.122. The average molecular weight is 507 g/mol. The smallest absolute Gasteiger partial charge is 0.243 e.